The van der Waals surface area contributed by atoms with Gasteiger partial charge in [0.1, 0.15) is 0 Å². The summed E-state index contributed by atoms with van der Waals surface area (Å²) >= 11 is 0. The molecule has 1 aliphatic rings. The van der Waals surface area contributed by atoms with Crippen LogP contribution in [0.4, 0.5) is 4.79 Å². The molecule has 1 heterocycles. The Balaban J connectivity index is 1.85. The molecule has 0 aromatic heterocycles. The molecule has 0 radical (unpaired) electrons. The van der Waals surface area contributed by atoms with E-state index in [-0.39, 0.29) is 6.03 Å². The van der Waals surface area contributed by atoms with Crippen LogP contribution in [0.2, 0.25) is 0 Å². The molecule has 1 atom stereocenters. The Hall–Kier alpha value is -1.55. The van der Waals surface area contributed by atoms with Gasteiger partial charge in [-0.25, -0.2) is 4.79 Å². The number of likely N-dealkylation sites (tertiary alicyclic amines) is 1. The maximum atomic E-state index is 11.9. The van der Waals surface area contributed by atoms with Crippen molar-refractivity contribution in [3.8, 4) is 0 Å². The van der Waals surface area contributed by atoms with E-state index in [9.17, 15) is 4.79 Å². The van der Waals surface area contributed by atoms with Crippen molar-refractivity contribution in [3.05, 3.63) is 35.4 Å². The summed E-state index contributed by atoms with van der Waals surface area (Å²) in [4.78, 5) is 15.5. The Morgan fingerprint density at radius 2 is 2.00 bits per heavy atom. The molecule has 2 amide bonds. The predicted molar refractivity (Wildman–Crippen MR) is 86.4 cm³/mol. The molecular weight excluding hydrogens is 262 g/mol. The summed E-state index contributed by atoms with van der Waals surface area (Å²) in [7, 11) is 3.62. The molecule has 0 unspecified atom stereocenters. The van der Waals surface area contributed by atoms with E-state index >= 15 is 0 Å². The number of hydrogen-bond acceptors (Lipinski definition) is 2. The maximum absolute atomic E-state index is 11.9. The van der Waals surface area contributed by atoms with Crippen molar-refractivity contribution in [2.45, 2.75) is 38.8 Å². The number of aryl methyl sites for hydroxylation is 1. The fourth-order valence-electron chi connectivity index (χ4n) is 2.91. The number of urea groups is 1. The zero-order chi connectivity index (χ0) is 15.4. The lowest BCUT2D eigenvalue weighted by atomic mass is 10.0. The van der Waals surface area contributed by atoms with Crippen LogP contribution < -0.4 is 5.32 Å². The Morgan fingerprint density at radius 3 is 2.57 bits per heavy atom. The van der Waals surface area contributed by atoms with Crippen LogP contribution in [-0.4, -0.2) is 49.1 Å². The summed E-state index contributed by atoms with van der Waals surface area (Å²) in [5.41, 5.74) is 2.63. The fraction of sp³-hybridized carbons (Fsp3) is 0.588. The van der Waals surface area contributed by atoms with Gasteiger partial charge in [-0.2, -0.15) is 0 Å². The van der Waals surface area contributed by atoms with Crippen molar-refractivity contribution < 1.29 is 4.79 Å². The minimum absolute atomic E-state index is 0.125. The van der Waals surface area contributed by atoms with Gasteiger partial charge in [0.05, 0.1) is 0 Å². The van der Waals surface area contributed by atoms with E-state index in [0.29, 0.717) is 12.1 Å². The summed E-state index contributed by atoms with van der Waals surface area (Å²) in [6.45, 7) is 6.03. The summed E-state index contributed by atoms with van der Waals surface area (Å²) in [6, 6.07) is 9.62. The molecule has 1 aromatic carbocycles. The third-order valence-electron chi connectivity index (χ3n) is 4.18. The third-order valence-corrected chi connectivity index (χ3v) is 4.18. The Bertz CT molecular complexity index is 479. The molecule has 0 spiro atoms. The molecule has 2 rings (SSSR count). The topological polar surface area (TPSA) is 35.6 Å². The second kappa shape index (κ2) is 6.94. The number of hydrogen-bond donors (Lipinski definition) is 1. The summed E-state index contributed by atoms with van der Waals surface area (Å²) in [5, 5.41) is 3.70. The molecule has 1 fully saturated rings. The van der Waals surface area contributed by atoms with Gasteiger partial charge in [-0.3, -0.25) is 0 Å². The quantitative estimate of drug-likeness (QED) is 0.928. The van der Waals surface area contributed by atoms with Crippen LogP contribution in [0.15, 0.2) is 24.3 Å². The van der Waals surface area contributed by atoms with Gasteiger partial charge in [-0.1, -0.05) is 29.8 Å². The lowest BCUT2D eigenvalue weighted by molar-refractivity contribution is 0.151. The Kier molecular flexibility index (Phi) is 5.23. The average molecular weight is 289 g/mol. The van der Waals surface area contributed by atoms with E-state index in [4.69, 9.17) is 0 Å². The Morgan fingerprint density at radius 1 is 1.33 bits per heavy atom. The van der Waals surface area contributed by atoms with Gasteiger partial charge in [-0.15, -0.1) is 0 Å². The van der Waals surface area contributed by atoms with Crippen LogP contribution in [-0.2, 0) is 0 Å². The first-order valence-electron chi connectivity index (χ1n) is 7.76. The molecule has 1 saturated heterocycles. The maximum Gasteiger partial charge on any atom is 0.319 e. The Labute approximate surface area is 128 Å². The summed E-state index contributed by atoms with van der Waals surface area (Å²) in [6.07, 6.45) is 2.05. The predicted octanol–water partition coefficient (Wildman–Crippen LogP) is 2.79. The first-order chi connectivity index (χ1) is 9.97. The smallest absolute Gasteiger partial charge is 0.319 e. The number of benzene rings is 1. The fourth-order valence-corrected chi connectivity index (χ4v) is 2.91. The molecule has 0 saturated carbocycles. The van der Waals surface area contributed by atoms with Crippen LogP contribution in [0, 0.1) is 6.92 Å². The van der Waals surface area contributed by atoms with E-state index in [1.54, 1.807) is 4.90 Å². The van der Waals surface area contributed by atoms with E-state index in [0.717, 1.165) is 25.9 Å². The second-order valence-corrected chi connectivity index (χ2v) is 6.24. The molecule has 4 heteroatoms. The standard InChI is InChI=1S/C17H27N3O/c1-13-6-5-7-15(12-13)14(2)18-16-8-10-20(11-9-16)17(21)19(3)4/h5-7,12,14,16,18H,8-11H2,1-4H3/t14-/m1/s1. The van der Waals surface area contributed by atoms with Crippen molar-refractivity contribution in [1.82, 2.24) is 15.1 Å². The van der Waals surface area contributed by atoms with Crippen molar-refractivity contribution in [3.63, 3.8) is 0 Å². The van der Waals surface area contributed by atoms with Gasteiger partial charge in [0.15, 0.2) is 0 Å². The van der Waals surface area contributed by atoms with Crippen molar-refractivity contribution in [2.24, 2.45) is 0 Å². The first-order valence-corrected chi connectivity index (χ1v) is 7.76. The highest BCUT2D eigenvalue weighted by Crippen LogP contribution is 2.18. The van der Waals surface area contributed by atoms with E-state index < -0.39 is 0 Å². The molecule has 0 aliphatic carbocycles. The number of nitrogens with zero attached hydrogens (tertiary/aromatic N) is 2. The van der Waals surface area contributed by atoms with Crippen LogP contribution in [0.5, 0.6) is 0 Å². The lowest BCUT2D eigenvalue weighted by Gasteiger charge is -2.35. The van der Waals surface area contributed by atoms with E-state index in [2.05, 4.69) is 43.4 Å². The van der Waals surface area contributed by atoms with Gasteiger partial charge in [-0.05, 0) is 32.3 Å². The highest BCUT2D eigenvalue weighted by atomic mass is 16.2. The van der Waals surface area contributed by atoms with E-state index in [1.807, 2.05) is 19.0 Å². The minimum Gasteiger partial charge on any atom is -0.331 e. The van der Waals surface area contributed by atoms with Crippen LogP contribution >= 0.6 is 0 Å². The number of piperidine rings is 1. The highest BCUT2D eigenvalue weighted by Gasteiger charge is 2.24. The molecule has 1 aromatic rings. The third kappa shape index (κ3) is 4.21. The summed E-state index contributed by atoms with van der Waals surface area (Å²) < 4.78 is 0. The van der Waals surface area contributed by atoms with Gasteiger partial charge in [0.25, 0.3) is 0 Å². The second-order valence-electron chi connectivity index (χ2n) is 6.24. The molecule has 1 aliphatic heterocycles. The zero-order valence-corrected chi connectivity index (χ0v) is 13.6. The van der Waals surface area contributed by atoms with Crippen molar-refractivity contribution in [1.29, 1.82) is 0 Å². The van der Waals surface area contributed by atoms with Crippen LogP contribution in [0.25, 0.3) is 0 Å². The highest BCUT2D eigenvalue weighted by molar-refractivity contribution is 5.73. The zero-order valence-electron chi connectivity index (χ0n) is 13.6. The monoisotopic (exact) mass is 289 g/mol. The molecular formula is C17H27N3O. The number of carbonyl (C=O) groups is 1. The lowest BCUT2D eigenvalue weighted by Crippen LogP contribution is -2.48. The number of carbonyl (C=O) groups excluding carboxylic acids is 1. The average Bonchev–Trinajstić information content (AvgIpc) is 2.47. The van der Waals surface area contributed by atoms with Gasteiger partial charge >= 0.3 is 6.03 Å². The van der Waals surface area contributed by atoms with E-state index in [1.165, 1.54) is 11.1 Å². The normalized spacial score (nSPS) is 17.6. The summed E-state index contributed by atoms with van der Waals surface area (Å²) in [5.74, 6) is 0. The van der Waals surface area contributed by atoms with Crippen LogP contribution in [0.1, 0.15) is 36.9 Å². The molecule has 0 bridgehead atoms. The number of rotatable bonds is 3. The van der Waals surface area contributed by atoms with Gasteiger partial charge < -0.3 is 15.1 Å². The SMILES string of the molecule is Cc1cccc([C@@H](C)NC2CCN(C(=O)N(C)C)CC2)c1. The van der Waals surface area contributed by atoms with Crippen molar-refractivity contribution in [2.75, 3.05) is 27.2 Å². The van der Waals surface area contributed by atoms with Crippen LogP contribution in [0.3, 0.4) is 0 Å². The molecule has 4 nitrogen and oxygen atoms in total. The minimum atomic E-state index is 0.125. The van der Waals surface area contributed by atoms with Gasteiger partial charge in [0, 0.05) is 39.3 Å². The largest absolute Gasteiger partial charge is 0.331 e. The molecule has 21 heavy (non-hydrogen) atoms. The number of amides is 2. The van der Waals surface area contributed by atoms with Crippen molar-refractivity contribution >= 4 is 6.03 Å². The first kappa shape index (κ1) is 15.8. The number of nitrogens with one attached hydrogen (secondary N) is 1. The molecule has 1 N–H and O–H groups in total. The van der Waals surface area contributed by atoms with Gasteiger partial charge in [0.2, 0.25) is 0 Å². The molecule has 116 valence electrons.